The minimum atomic E-state index is -4.48. The molecule has 2 aromatic rings. The Morgan fingerprint density at radius 1 is 1.26 bits per heavy atom. The van der Waals surface area contributed by atoms with Gasteiger partial charge < -0.3 is 10.6 Å². The quantitative estimate of drug-likeness (QED) is 0.835. The molecule has 1 aromatic carbocycles. The van der Waals surface area contributed by atoms with Crippen LogP contribution in [0.15, 0.2) is 36.5 Å². The normalized spacial score (nSPS) is 17.7. The van der Waals surface area contributed by atoms with Gasteiger partial charge in [-0.05, 0) is 30.2 Å². The molecule has 3 rings (SSSR count). The smallest absolute Gasteiger partial charge is 0.350 e. The second-order valence-corrected chi connectivity index (χ2v) is 6.51. The van der Waals surface area contributed by atoms with Gasteiger partial charge in [-0.1, -0.05) is 12.1 Å². The minimum absolute atomic E-state index is 0.00339. The molecule has 1 aliphatic heterocycles. The van der Waals surface area contributed by atoms with Gasteiger partial charge in [-0.25, -0.2) is 9.97 Å². The number of alkyl halides is 3. The van der Waals surface area contributed by atoms with Crippen LogP contribution in [0.3, 0.4) is 0 Å². The molecular weight excluding hydrogens is 359 g/mol. The molecule has 1 fully saturated rings. The molecule has 0 spiro atoms. The van der Waals surface area contributed by atoms with E-state index in [1.165, 1.54) is 6.92 Å². The molecule has 0 saturated carbocycles. The van der Waals surface area contributed by atoms with Gasteiger partial charge in [0.25, 0.3) is 0 Å². The van der Waals surface area contributed by atoms with E-state index in [0.717, 1.165) is 43.0 Å². The van der Waals surface area contributed by atoms with E-state index < -0.39 is 11.9 Å². The first-order valence-electron chi connectivity index (χ1n) is 8.55. The topological polar surface area (TPSA) is 70.2 Å². The number of likely N-dealkylation sites (tertiary alicyclic amines) is 1. The van der Waals surface area contributed by atoms with Crippen molar-refractivity contribution in [2.45, 2.75) is 32.1 Å². The van der Waals surface area contributed by atoms with E-state index in [1.807, 2.05) is 24.3 Å². The SMILES string of the molecule is CC(=O)Nc1ccc(CN2CCC(Nc3nccc(C(F)(F)F)n3)C2)cc1. The number of hydrogen-bond acceptors (Lipinski definition) is 5. The number of rotatable bonds is 5. The Morgan fingerprint density at radius 3 is 2.67 bits per heavy atom. The van der Waals surface area contributed by atoms with Crippen molar-refractivity contribution in [1.29, 1.82) is 0 Å². The van der Waals surface area contributed by atoms with Crippen LogP contribution in [0.1, 0.15) is 24.6 Å². The molecule has 1 amide bonds. The molecule has 27 heavy (non-hydrogen) atoms. The predicted octanol–water partition coefficient (Wildman–Crippen LogP) is 3.14. The fraction of sp³-hybridized carbons (Fsp3) is 0.389. The third-order valence-electron chi connectivity index (χ3n) is 4.23. The summed E-state index contributed by atoms with van der Waals surface area (Å²) in [5.74, 6) is -0.121. The molecule has 144 valence electrons. The van der Waals surface area contributed by atoms with E-state index in [9.17, 15) is 18.0 Å². The Kier molecular flexibility index (Phi) is 5.59. The molecule has 1 aromatic heterocycles. The van der Waals surface area contributed by atoms with Crippen molar-refractivity contribution >= 4 is 17.5 Å². The van der Waals surface area contributed by atoms with Crippen LogP contribution in [-0.2, 0) is 17.5 Å². The summed E-state index contributed by atoms with van der Waals surface area (Å²) in [6, 6.07) is 8.44. The Balaban J connectivity index is 1.54. The molecule has 6 nitrogen and oxygen atoms in total. The minimum Gasteiger partial charge on any atom is -0.350 e. The van der Waals surface area contributed by atoms with Crippen molar-refractivity contribution in [2.24, 2.45) is 0 Å². The number of amides is 1. The fourth-order valence-corrected chi connectivity index (χ4v) is 3.02. The monoisotopic (exact) mass is 379 g/mol. The van der Waals surface area contributed by atoms with Crippen molar-refractivity contribution in [3.63, 3.8) is 0 Å². The van der Waals surface area contributed by atoms with Gasteiger partial charge in [0.1, 0.15) is 5.69 Å². The van der Waals surface area contributed by atoms with E-state index >= 15 is 0 Å². The molecule has 0 aliphatic carbocycles. The Hall–Kier alpha value is -2.68. The third-order valence-corrected chi connectivity index (χ3v) is 4.23. The highest BCUT2D eigenvalue weighted by atomic mass is 19.4. The summed E-state index contributed by atoms with van der Waals surface area (Å²) in [6.07, 6.45) is -2.57. The number of benzene rings is 1. The zero-order chi connectivity index (χ0) is 19.4. The van der Waals surface area contributed by atoms with Gasteiger partial charge in [-0.3, -0.25) is 9.69 Å². The molecule has 1 unspecified atom stereocenters. The highest BCUT2D eigenvalue weighted by Gasteiger charge is 2.33. The number of aromatic nitrogens is 2. The van der Waals surface area contributed by atoms with E-state index in [-0.39, 0.29) is 17.9 Å². The second-order valence-electron chi connectivity index (χ2n) is 6.51. The van der Waals surface area contributed by atoms with Gasteiger partial charge >= 0.3 is 6.18 Å². The van der Waals surface area contributed by atoms with Crippen LogP contribution >= 0.6 is 0 Å². The fourth-order valence-electron chi connectivity index (χ4n) is 3.02. The molecular formula is C18H20F3N5O. The summed E-state index contributed by atoms with van der Waals surface area (Å²) < 4.78 is 38.2. The van der Waals surface area contributed by atoms with E-state index in [1.54, 1.807) is 0 Å². The van der Waals surface area contributed by atoms with Gasteiger partial charge in [-0.2, -0.15) is 13.2 Å². The van der Waals surface area contributed by atoms with Gasteiger partial charge in [0.05, 0.1) is 0 Å². The number of hydrogen-bond donors (Lipinski definition) is 2. The van der Waals surface area contributed by atoms with Crippen LogP contribution in [0.25, 0.3) is 0 Å². The van der Waals surface area contributed by atoms with Crippen molar-refractivity contribution in [3.8, 4) is 0 Å². The largest absolute Gasteiger partial charge is 0.433 e. The number of halogens is 3. The number of carbonyl (C=O) groups is 1. The predicted molar refractivity (Wildman–Crippen MR) is 95.1 cm³/mol. The Morgan fingerprint density at radius 2 is 2.00 bits per heavy atom. The summed E-state index contributed by atoms with van der Waals surface area (Å²) >= 11 is 0. The maximum absolute atomic E-state index is 12.7. The lowest BCUT2D eigenvalue weighted by Crippen LogP contribution is -2.27. The van der Waals surface area contributed by atoms with Gasteiger partial charge in [0.15, 0.2) is 0 Å². The summed E-state index contributed by atoms with van der Waals surface area (Å²) in [4.78, 5) is 20.7. The van der Waals surface area contributed by atoms with E-state index in [4.69, 9.17) is 0 Å². The first-order valence-corrected chi connectivity index (χ1v) is 8.55. The van der Waals surface area contributed by atoms with Crippen LogP contribution in [0, 0.1) is 0 Å². The summed E-state index contributed by atoms with van der Waals surface area (Å²) in [5.41, 5.74) is 0.892. The molecule has 9 heteroatoms. The molecule has 2 N–H and O–H groups in total. The average Bonchev–Trinajstić information content (AvgIpc) is 3.02. The molecule has 1 saturated heterocycles. The first kappa shape index (κ1) is 19.1. The highest BCUT2D eigenvalue weighted by molar-refractivity contribution is 5.88. The maximum Gasteiger partial charge on any atom is 0.433 e. The average molecular weight is 379 g/mol. The van der Waals surface area contributed by atoms with Crippen molar-refractivity contribution in [2.75, 3.05) is 23.7 Å². The lowest BCUT2D eigenvalue weighted by Gasteiger charge is -2.17. The Labute approximate surface area is 154 Å². The Bertz CT molecular complexity index is 794. The number of nitrogens with one attached hydrogen (secondary N) is 2. The second kappa shape index (κ2) is 7.91. The van der Waals surface area contributed by atoms with Crippen LogP contribution in [0.4, 0.5) is 24.8 Å². The number of anilines is 2. The zero-order valence-electron chi connectivity index (χ0n) is 14.8. The van der Waals surface area contributed by atoms with Gasteiger partial charge in [-0.15, -0.1) is 0 Å². The molecule has 0 bridgehead atoms. The van der Waals surface area contributed by atoms with Crippen LogP contribution in [0.2, 0.25) is 0 Å². The lowest BCUT2D eigenvalue weighted by atomic mass is 10.2. The van der Waals surface area contributed by atoms with E-state index in [2.05, 4.69) is 25.5 Å². The number of nitrogens with zero attached hydrogens (tertiary/aromatic N) is 3. The van der Waals surface area contributed by atoms with Crippen molar-refractivity contribution in [3.05, 3.63) is 47.8 Å². The zero-order valence-corrected chi connectivity index (χ0v) is 14.8. The summed E-state index contributed by atoms with van der Waals surface area (Å²) in [7, 11) is 0. The van der Waals surface area contributed by atoms with Gasteiger partial charge in [0, 0.05) is 44.5 Å². The van der Waals surface area contributed by atoms with Crippen LogP contribution < -0.4 is 10.6 Å². The van der Waals surface area contributed by atoms with E-state index in [0.29, 0.717) is 6.54 Å². The van der Waals surface area contributed by atoms with Crippen LogP contribution in [-0.4, -0.2) is 39.9 Å². The first-order chi connectivity index (χ1) is 12.8. The maximum atomic E-state index is 12.7. The molecule has 1 atom stereocenters. The third kappa shape index (κ3) is 5.40. The van der Waals surface area contributed by atoms with Gasteiger partial charge in [0.2, 0.25) is 11.9 Å². The summed E-state index contributed by atoms with van der Waals surface area (Å²) in [6.45, 7) is 3.69. The van der Waals surface area contributed by atoms with Crippen molar-refractivity contribution in [1.82, 2.24) is 14.9 Å². The summed E-state index contributed by atoms with van der Waals surface area (Å²) in [5, 5.41) is 5.71. The van der Waals surface area contributed by atoms with Crippen molar-refractivity contribution < 1.29 is 18.0 Å². The number of carbonyl (C=O) groups excluding carboxylic acids is 1. The molecule has 1 aliphatic rings. The molecule has 2 heterocycles. The molecule has 0 radical (unpaired) electrons. The lowest BCUT2D eigenvalue weighted by molar-refractivity contribution is -0.141. The van der Waals surface area contributed by atoms with Crippen LogP contribution in [0.5, 0.6) is 0 Å². The highest BCUT2D eigenvalue weighted by Crippen LogP contribution is 2.28. The standard InChI is InChI=1S/C18H20F3N5O/c1-12(27)23-14-4-2-13(3-5-14)10-26-9-7-15(11-26)24-17-22-8-6-16(25-17)18(19,20)21/h2-6,8,15H,7,9-11H2,1H3,(H,23,27)(H,22,24,25).